The van der Waals surface area contributed by atoms with Crippen LogP contribution >= 0.6 is 0 Å². The van der Waals surface area contributed by atoms with E-state index in [1.54, 1.807) is 24.5 Å². The van der Waals surface area contributed by atoms with Gasteiger partial charge in [-0.05, 0) is 24.3 Å². The molecule has 0 spiro atoms. The first-order valence-electron chi connectivity index (χ1n) is 6.56. The molecule has 6 heteroatoms. The van der Waals surface area contributed by atoms with Crippen molar-refractivity contribution in [2.75, 3.05) is 36.5 Å². The normalized spacial score (nSPS) is 15.1. The number of carbonyl (C=O) groups excluding carboxylic acids is 1. The third-order valence-electron chi connectivity index (χ3n) is 3.18. The number of aromatic nitrogens is 2. The maximum atomic E-state index is 11.9. The highest BCUT2D eigenvalue weighted by Gasteiger charge is 2.12. The van der Waals surface area contributed by atoms with Gasteiger partial charge in [0, 0.05) is 19.3 Å². The minimum Gasteiger partial charge on any atom is -0.378 e. The number of nitrogens with one attached hydrogen (secondary N) is 2. The van der Waals surface area contributed by atoms with Crippen molar-refractivity contribution < 1.29 is 9.53 Å². The average molecular weight is 272 g/mol. The van der Waals surface area contributed by atoms with Crippen LogP contribution in [0.3, 0.4) is 0 Å². The first-order chi connectivity index (χ1) is 9.83. The molecule has 3 heterocycles. The summed E-state index contributed by atoms with van der Waals surface area (Å²) in [7, 11) is 0. The van der Waals surface area contributed by atoms with Crippen molar-refractivity contribution in [3.63, 3.8) is 0 Å². The van der Waals surface area contributed by atoms with Crippen molar-refractivity contribution in [1.29, 1.82) is 0 Å². The lowest BCUT2D eigenvalue weighted by Crippen LogP contribution is -2.36. The molecule has 0 bridgehead atoms. The molecule has 0 unspecified atom stereocenters. The highest BCUT2D eigenvalue weighted by Crippen LogP contribution is 2.15. The summed E-state index contributed by atoms with van der Waals surface area (Å²) < 4.78 is 5.31. The van der Waals surface area contributed by atoms with Gasteiger partial charge in [0.15, 0.2) is 0 Å². The van der Waals surface area contributed by atoms with Gasteiger partial charge < -0.3 is 19.9 Å². The lowest BCUT2D eigenvalue weighted by molar-refractivity contribution is 0.102. The summed E-state index contributed by atoms with van der Waals surface area (Å²) in [6.45, 7) is 3.16. The molecule has 1 fully saturated rings. The van der Waals surface area contributed by atoms with Gasteiger partial charge in [0.25, 0.3) is 5.91 Å². The number of amides is 1. The third-order valence-corrected chi connectivity index (χ3v) is 3.18. The highest BCUT2D eigenvalue weighted by atomic mass is 16.5. The van der Waals surface area contributed by atoms with Crippen molar-refractivity contribution in [2.24, 2.45) is 0 Å². The first-order valence-corrected chi connectivity index (χ1v) is 6.56. The number of ether oxygens (including phenoxy) is 1. The Bertz CT molecular complexity index is 559. The van der Waals surface area contributed by atoms with Crippen LogP contribution in [0.5, 0.6) is 0 Å². The fraction of sp³-hybridized carbons (Fsp3) is 0.286. The maximum Gasteiger partial charge on any atom is 0.272 e. The number of pyridine rings is 1. The summed E-state index contributed by atoms with van der Waals surface area (Å²) in [5.74, 6) is 0.738. The van der Waals surface area contributed by atoms with Crippen LogP contribution in [-0.4, -0.2) is 42.2 Å². The van der Waals surface area contributed by atoms with Gasteiger partial charge in [-0.15, -0.1) is 0 Å². The van der Waals surface area contributed by atoms with Gasteiger partial charge in [0.05, 0.1) is 25.1 Å². The number of nitrogens with zero attached hydrogens (tertiary/aromatic N) is 2. The van der Waals surface area contributed by atoms with Crippen LogP contribution in [0.1, 0.15) is 10.5 Å². The average Bonchev–Trinajstić information content (AvgIpc) is 3.03. The van der Waals surface area contributed by atoms with Crippen LogP contribution in [-0.2, 0) is 4.74 Å². The summed E-state index contributed by atoms with van der Waals surface area (Å²) in [6.07, 6.45) is 3.39. The molecule has 1 aliphatic heterocycles. The maximum absolute atomic E-state index is 11.9. The summed E-state index contributed by atoms with van der Waals surface area (Å²) in [5, 5.41) is 2.80. The fourth-order valence-electron chi connectivity index (χ4n) is 2.11. The molecule has 1 amide bonds. The van der Waals surface area contributed by atoms with Crippen LogP contribution in [0.25, 0.3) is 0 Å². The molecule has 0 radical (unpaired) electrons. The van der Waals surface area contributed by atoms with Gasteiger partial charge in [-0.1, -0.05) is 0 Å². The van der Waals surface area contributed by atoms with E-state index in [1.807, 2.05) is 12.1 Å². The van der Waals surface area contributed by atoms with E-state index in [0.29, 0.717) is 11.4 Å². The van der Waals surface area contributed by atoms with Crippen LogP contribution < -0.4 is 10.2 Å². The summed E-state index contributed by atoms with van der Waals surface area (Å²) >= 11 is 0. The van der Waals surface area contributed by atoms with Gasteiger partial charge in [-0.2, -0.15) is 0 Å². The largest absolute Gasteiger partial charge is 0.378 e. The smallest absolute Gasteiger partial charge is 0.272 e. The lowest BCUT2D eigenvalue weighted by atomic mass is 10.3. The predicted octanol–water partition coefficient (Wildman–Crippen LogP) is 1.50. The number of aromatic amines is 1. The molecular weight excluding hydrogens is 256 g/mol. The molecule has 2 N–H and O–H groups in total. The number of anilines is 2. The van der Waals surface area contributed by atoms with Gasteiger partial charge in [-0.3, -0.25) is 4.79 Å². The zero-order chi connectivity index (χ0) is 13.8. The zero-order valence-corrected chi connectivity index (χ0v) is 11.0. The molecule has 0 atom stereocenters. The van der Waals surface area contributed by atoms with Crippen molar-refractivity contribution in [3.8, 4) is 0 Å². The number of morpholine rings is 1. The molecular formula is C14H16N4O2. The van der Waals surface area contributed by atoms with E-state index < -0.39 is 0 Å². The van der Waals surface area contributed by atoms with E-state index in [9.17, 15) is 4.79 Å². The minimum atomic E-state index is -0.170. The van der Waals surface area contributed by atoms with Gasteiger partial charge in [-0.25, -0.2) is 4.98 Å². The minimum absolute atomic E-state index is 0.170. The number of carbonyl (C=O) groups is 1. The molecule has 1 aliphatic rings. The van der Waals surface area contributed by atoms with Crippen LogP contribution in [0.4, 0.5) is 11.5 Å². The number of hydrogen-bond donors (Lipinski definition) is 2. The Morgan fingerprint density at radius 1 is 1.30 bits per heavy atom. The third kappa shape index (κ3) is 2.80. The predicted molar refractivity (Wildman–Crippen MR) is 76.0 cm³/mol. The molecule has 6 nitrogen and oxygen atoms in total. The van der Waals surface area contributed by atoms with Gasteiger partial charge >= 0.3 is 0 Å². The molecule has 2 aromatic rings. The quantitative estimate of drug-likeness (QED) is 0.888. The Labute approximate surface area is 116 Å². The van der Waals surface area contributed by atoms with Crippen molar-refractivity contribution in [1.82, 2.24) is 9.97 Å². The number of rotatable bonds is 3. The Kier molecular flexibility index (Phi) is 3.64. The Morgan fingerprint density at radius 3 is 2.80 bits per heavy atom. The monoisotopic (exact) mass is 272 g/mol. The second-order valence-corrected chi connectivity index (χ2v) is 4.54. The molecule has 0 aromatic carbocycles. The second-order valence-electron chi connectivity index (χ2n) is 4.54. The Balaban J connectivity index is 1.65. The molecule has 20 heavy (non-hydrogen) atoms. The molecule has 3 rings (SSSR count). The van der Waals surface area contributed by atoms with E-state index >= 15 is 0 Å². The molecule has 1 saturated heterocycles. The van der Waals surface area contributed by atoms with Crippen LogP contribution in [0.2, 0.25) is 0 Å². The summed E-state index contributed by atoms with van der Waals surface area (Å²) in [5.41, 5.74) is 1.21. The summed E-state index contributed by atoms with van der Waals surface area (Å²) in [4.78, 5) is 21.3. The standard InChI is InChI=1S/C14H16N4O2/c19-14(12-2-1-5-15-12)17-11-3-4-13(16-10-11)18-6-8-20-9-7-18/h1-5,10,15H,6-9H2,(H,17,19). The molecule has 2 aromatic heterocycles. The van der Waals surface area contributed by atoms with E-state index in [2.05, 4.69) is 20.2 Å². The van der Waals surface area contributed by atoms with Crippen molar-refractivity contribution >= 4 is 17.4 Å². The van der Waals surface area contributed by atoms with E-state index in [0.717, 1.165) is 32.1 Å². The second kappa shape index (κ2) is 5.75. The van der Waals surface area contributed by atoms with E-state index in [1.165, 1.54) is 0 Å². The zero-order valence-electron chi connectivity index (χ0n) is 11.0. The summed E-state index contributed by atoms with van der Waals surface area (Å²) in [6, 6.07) is 7.29. The van der Waals surface area contributed by atoms with Crippen LogP contribution in [0.15, 0.2) is 36.7 Å². The number of hydrogen-bond acceptors (Lipinski definition) is 4. The fourth-order valence-corrected chi connectivity index (χ4v) is 2.11. The Morgan fingerprint density at radius 2 is 2.15 bits per heavy atom. The van der Waals surface area contributed by atoms with Crippen molar-refractivity contribution in [2.45, 2.75) is 0 Å². The highest BCUT2D eigenvalue weighted by molar-refractivity contribution is 6.02. The van der Waals surface area contributed by atoms with Gasteiger partial charge in [0.2, 0.25) is 0 Å². The van der Waals surface area contributed by atoms with Gasteiger partial charge in [0.1, 0.15) is 11.5 Å². The van der Waals surface area contributed by atoms with Crippen molar-refractivity contribution in [3.05, 3.63) is 42.4 Å². The number of H-pyrrole nitrogens is 1. The first kappa shape index (κ1) is 12.7. The molecule has 0 saturated carbocycles. The molecule has 0 aliphatic carbocycles. The lowest BCUT2D eigenvalue weighted by Gasteiger charge is -2.27. The van der Waals surface area contributed by atoms with E-state index in [-0.39, 0.29) is 5.91 Å². The van der Waals surface area contributed by atoms with Crippen LogP contribution in [0, 0.1) is 0 Å². The molecule has 104 valence electrons. The van der Waals surface area contributed by atoms with E-state index in [4.69, 9.17) is 4.74 Å². The SMILES string of the molecule is O=C(Nc1ccc(N2CCOCC2)nc1)c1ccc[nH]1. The Hall–Kier alpha value is -2.34. The topological polar surface area (TPSA) is 70.2 Å².